The zero-order valence-corrected chi connectivity index (χ0v) is 13.8. The molecule has 0 bridgehead atoms. The number of fused-ring (bicyclic) bond motifs is 1. The Morgan fingerprint density at radius 1 is 1.08 bits per heavy atom. The van der Waals surface area contributed by atoms with Crippen LogP contribution < -0.4 is 10.2 Å². The first-order valence-corrected chi connectivity index (χ1v) is 7.59. The van der Waals surface area contributed by atoms with Crippen LogP contribution in [0.2, 0.25) is 0 Å². The zero-order chi connectivity index (χ0) is 17.8. The third kappa shape index (κ3) is 3.45. The third-order valence-electron chi connectivity index (χ3n) is 3.71. The lowest BCUT2D eigenvalue weighted by atomic mass is 10.1. The van der Waals surface area contributed by atoms with Crippen LogP contribution in [0.1, 0.15) is 5.56 Å². The van der Waals surface area contributed by atoms with Crippen LogP contribution in [0.25, 0.3) is 28.4 Å². The molecule has 0 radical (unpaired) electrons. The summed E-state index contributed by atoms with van der Waals surface area (Å²) in [7, 11) is 2.80. The third-order valence-corrected chi connectivity index (χ3v) is 3.71. The summed E-state index contributed by atoms with van der Waals surface area (Å²) in [6.07, 6.45) is 2.83. The van der Waals surface area contributed by atoms with Gasteiger partial charge in [-0.1, -0.05) is 30.3 Å². The number of carbonyl (C=O) groups excluding carboxylic acids is 1. The molecule has 3 aromatic rings. The fourth-order valence-corrected chi connectivity index (χ4v) is 2.47. The predicted molar refractivity (Wildman–Crippen MR) is 95.5 cm³/mol. The second kappa shape index (κ2) is 7.05. The van der Waals surface area contributed by atoms with Gasteiger partial charge in [-0.15, -0.1) is 0 Å². The average molecular weight is 336 g/mol. The van der Waals surface area contributed by atoms with E-state index >= 15 is 0 Å². The van der Waals surface area contributed by atoms with Crippen molar-refractivity contribution in [1.82, 2.24) is 0 Å². The summed E-state index contributed by atoms with van der Waals surface area (Å²) in [6, 6.07) is 14.2. The van der Waals surface area contributed by atoms with E-state index < -0.39 is 5.97 Å². The van der Waals surface area contributed by atoms with Gasteiger partial charge in [-0.05, 0) is 23.8 Å². The van der Waals surface area contributed by atoms with Gasteiger partial charge in [-0.25, -0.2) is 4.79 Å². The number of hydrogen-bond donors (Lipinski definition) is 0. The largest absolute Gasteiger partial charge is 0.493 e. The first-order valence-electron chi connectivity index (χ1n) is 7.59. The smallest absolute Gasteiger partial charge is 0.330 e. The molecule has 126 valence electrons. The summed E-state index contributed by atoms with van der Waals surface area (Å²) in [5, 5.41) is 0.378. The molecule has 0 atom stereocenters. The summed E-state index contributed by atoms with van der Waals surface area (Å²) in [5.74, 6) is 0.400. The standard InChI is InChI=1S/C20H16O5/c1-23-18-11-13(8-9-19(22)24-2)10-15-16(21)12-17(25-20(15)18)14-6-4-3-5-7-14/h3-12H,1-2H3. The number of methoxy groups -OCH3 is 2. The Morgan fingerprint density at radius 3 is 2.52 bits per heavy atom. The lowest BCUT2D eigenvalue weighted by Crippen LogP contribution is -2.02. The van der Waals surface area contributed by atoms with E-state index in [1.54, 1.807) is 18.2 Å². The molecule has 1 heterocycles. The van der Waals surface area contributed by atoms with Crippen molar-refractivity contribution in [3.8, 4) is 17.1 Å². The maximum Gasteiger partial charge on any atom is 0.330 e. The van der Waals surface area contributed by atoms with Gasteiger partial charge >= 0.3 is 5.97 Å². The molecule has 0 aliphatic rings. The van der Waals surface area contributed by atoms with Gasteiger partial charge in [0.25, 0.3) is 0 Å². The van der Waals surface area contributed by atoms with Crippen LogP contribution in [0.15, 0.2) is 63.8 Å². The van der Waals surface area contributed by atoms with Gasteiger partial charge in [0, 0.05) is 17.7 Å². The van der Waals surface area contributed by atoms with Gasteiger partial charge in [-0.3, -0.25) is 4.79 Å². The maximum absolute atomic E-state index is 12.6. The first-order chi connectivity index (χ1) is 12.1. The second-order valence-electron chi connectivity index (χ2n) is 5.30. The van der Waals surface area contributed by atoms with Gasteiger partial charge in [0.2, 0.25) is 0 Å². The van der Waals surface area contributed by atoms with Crippen molar-refractivity contribution in [2.75, 3.05) is 14.2 Å². The minimum absolute atomic E-state index is 0.188. The Morgan fingerprint density at radius 2 is 1.84 bits per heavy atom. The topological polar surface area (TPSA) is 65.7 Å². The van der Waals surface area contributed by atoms with Crippen LogP contribution in [0, 0.1) is 0 Å². The van der Waals surface area contributed by atoms with Crippen LogP contribution in [0.4, 0.5) is 0 Å². The summed E-state index contributed by atoms with van der Waals surface area (Å²) in [5.41, 5.74) is 1.61. The van der Waals surface area contributed by atoms with E-state index in [0.29, 0.717) is 28.0 Å². The summed E-state index contributed by atoms with van der Waals surface area (Å²) in [6.45, 7) is 0. The minimum Gasteiger partial charge on any atom is -0.493 e. The highest BCUT2D eigenvalue weighted by molar-refractivity contribution is 5.90. The summed E-state index contributed by atoms with van der Waals surface area (Å²) < 4.78 is 15.8. The van der Waals surface area contributed by atoms with E-state index in [1.807, 2.05) is 30.3 Å². The van der Waals surface area contributed by atoms with Gasteiger partial charge in [0.1, 0.15) is 5.76 Å². The molecule has 0 saturated carbocycles. The van der Waals surface area contributed by atoms with Crippen molar-refractivity contribution in [2.45, 2.75) is 0 Å². The van der Waals surface area contributed by atoms with Gasteiger partial charge in [0.15, 0.2) is 16.8 Å². The molecule has 0 aliphatic heterocycles. The highest BCUT2D eigenvalue weighted by atomic mass is 16.5. The SMILES string of the molecule is COC(=O)C=Cc1cc(OC)c2oc(-c3ccccc3)cc(=O)c2c1. The van der Waals surface area contributed by atoms with Gasteiger partial charge in [0.05, 0.1) is 19.6 Å². The quantitative estimate of drug-likeness (QED) is 0.537. The molecule has 1 aromatic heterocycles. The van der Waals surface area contributed by atoms with E-state index in [-0.39, 0.29) is 5.43 Å². The molecule has 0 aliphatic carbocycles. The maximum atomic E-state index is 12.6. The van der Waals surface area contributed by atoms with E-state index in [1.165, 1.54) is 26.4 Å². The Kier molecular flexibility index (Phi) is 4.66. The molecule has 3 rings (SSSR count). The number of benzene rings is 2. The van der Waals surface area contributed by atoms with E-state index in [9.17, 15) is 9.59 Å². The molecular weight excluding hydrogens is 320 g/mol. The molecule has 0 spiro atoms. The van der Waals surface area contributed by atoms with Crippen LogP contribution in [-0.4, -0.2) is 20.2 Å². The van der Waals surface area contributed by atoms with Gasteiger partial charge < -0.3 is 13.9 Å². The fourth-order valence-electron chi connectivity index (χ4n) is 2.47. The molecule has 0 N–H and O–H groups in total. The number of esters is 1. The zero-order valence-electron chi connectivity index (χ0n) is 13.8. The molecule has 5 nitrogen and oxygen atoms in total. The van der Waals surface area contributed by atoms with Crippen molar-refractivity contribution in [3.63, 3.8) is 0 Å². The number of hydrogen-bond acceptors (Lipinski definition) is 5. The van der Waals surface area contributed by atoms with Crippen molar-refractivity contribution in [1.29, 1.82) is 0 Å². The monoisotopic (exact) mass is 336 g/mol. The number of carbonyl (C=O) groups is 1. The highest BCUT2D eigenvalue weighted by Gasteiger charge is 2.12. The summed E-state index contributed by atoms with van der Waals surface area (Å²) in [4.78, 5) is 23.8. The molecule has 0 fully saturated rings. The van der Waals surface area contributed by atoms with Crippen molar-refractivity contribution in [3.05, 3.63) is 70.4 Å². The number of ether oxygens (including phenoxy) is 2. The summed E-state index contributed by atoms with van der Waals surface area (Å²) >= 11 is 0. The molecule has 5 heteroatoms. The van der Waals surface area contributed by atoms with Crippen LogP contribution in [0.3, 0.4) is 0 Å². The van der Waals surface area contributed by atoms with Crippen molar-refractivity contribution >= 4 is 23.0 Å². The van der Waals surface area contributed by atoms with Crippen LogP contribution in [0.5, 0.6) is 5.75 Å². The first kappa shape index (κ1) is 16.5. The highest BCUT2D eigenvalue weighted by Crippen LogP contribution is 2.30. The van der Waals surface area contributed by atoms with Crippen molar-refractivity contribution < 1.29 is 18.7 Å². The second-order valence-corrected chi connectivity index (χ2v) is 5.30. The molecule has 2 aromatic carbocycles. The Balaban J connectivity index is 2.17. The average Bonchev–Trinajstić information content (AvgIpc) is 2.66. The Hall–Kier alpha value is -3.34. The van der Waals surface area contributed by atoms with Crippen LogP contribution in [-0.2, 0) is 9.53 Å². The lowest BCUT2D eigenvalue weighted by molar-refractivity contribution is -0.134. The van der Waals surface area contributed by atoms with Crippen LogP contribution >= 0.6 is 0 Å². The molecule has 0 saturated heterocycles. The van der Waals surface area contributed by atoms with E-state index in [2.05, 4.69) is 4.74 Å². The van der Waals surface area contributed by atoms with Crippen molar-refractivity contribution in [2.24, 2.45) is 0 Å². The minimum atomic E-state index is -0.481. The normalized spacial score (nSPS) is 11.0. The number of rotatable bonds is 4. The van der Waals surface area contributed by atoms with E-state index in [4.69, 9.17) is 9.15 Å². The molecular formula is C20H16O5. The Labute approximate surface area is 144 Å². The van der Waals surface area contributed by atoms with Gasteiger partial charge in [-0.2, -0.15) is 0 Å². The lowest BCUT2D eigenvalue weighted by Gasteiger charge is -2.08. The molecule has 0 amide bonds. The fraction of sp³-hybridized carbons (Fsp3) is 0.100. The predicted octanol–water partition coefficient (Wildman–Crippen LogP) is 3.65. The molecule has 25 heavy (non-hydrogen) atoms. The Bertz CT molecular complexity index is 1000. The molecule has 0 unspecified atom stereocenters. The van der Waals surface area contributed by atoms with E-state index in [0.717, 1.165) is 5.56 Å².